The fourth-order valence-electron chi connectivity index (χ4n) is 2.51. The van der Waals surface area contributed by atoms with Gasteiger partial charge in [-0.2, -0.15) is 0 Å². The van der Waals surface area contributed by atoms with Crippen LogP contribution in [0.3, 0.4) is 0 Å². The van der Waals surface area contributed by atoms with Gasteiger partial charge in [-0.15, -0.1) is 0 Å². The van der Waals surface area contributed by atoms with Crippen molar-refractivity contribution < 1.29 is 5.11 Å². The largest absolute Gasteiger partial charge is 0.391 e. The average molecular weight is 155 g/mol. The quantitative estimate of drug-likeness (QED) is 0.589. The summed E-state index contributed by atoms with van der Waals surface area (Å²) in [5.74, 6) is 0.771. The van der Waals surface area contributed by atoms with Crippen molar-refractivity contribution >= 4 is 0 Å². The fourth-order valence-corrected chi connectivity index (χ4v) is 2.51. The van der Waals surface area contributed by atoms with Gasteiger partial charge < -0.3 is 10.4 Å². The molecule has 0 aromatic heterocycles. The van der Waals surface area contributed by atoms with Gasteiger partial charge in [-0.25, -0.2) is 0 Å². The third kappa shape index (κ3) is 1.42. The Bertz CT molecular complexity index is 132. The summed E-state index contributed by atoms with van der Waals surface area (Å²) in [6, 6.07) is 0.428. The van der Waals surface area contributed by atoms with Crippen molar-refractivity contribution in [2.24, 2.45) is 5.92 Å². The fraction of sp³-hybridized carbons (Fsp3) is 1.00. The SMILES string of the molecule is OC1CCNC1C1CCCC1. The number of hydrogen-bond donors (Lipinski definition) is 2. The van der Waals surface area contributed by atoms with Crippen LogP contribution in [0.25, 0.3) is 0 Å². The lowest BCUT2D eigenvalue weighted by molar-refractivity contribution is 0.132. The summed E-state index contributed by atoms with van der Waals surface area (Å²) in [6.45, 7) is 1.02. The van der Waals surface area contributed by atoms with Crippen molar-refractivity contribution in [2.75, 3.05) is 6.54 Å². The van der Waals surface area contributed by atoms with E-state index < -0.39 is 0 Å². The molecule has 0 amide bonds. The summed E-state index contributed by atoms with van der Waals surface area (Å²) in [7, 11) is 0. The minimum absolute atomic E-state index is 0.0573. The summed E-state index contributed by atoms with van der Waals surface area (Å²) in [5.41, 5.74) is 0. The van der Waals surface area contributed by atoms with Gasteiger partial charge in [0.15, 0.2) is 0 Å². The first-order chi connectivity index (χ1) is 5.38. The van der Waals surface area contributed by atoms with Crippen LogP contribution in [0.15, 0.2) is 0 Å². The summed E-state index contributed by atoms with van der Waals surface area (Å²) in [4.78, 5) is 0. The molecule has 2 atom stereocenters. The van der Waals surface area contributed by atoms with E-state index in [1.54, 1.807) is 0 Å². The van der Waals surface area contributed by atoms with Gasteiger partial charge >= 0.3 is 0 Å². The van der Waals surface area contributed by atoms with Crippen LogP contribution in [0.1, 0.15) is 32.1 Å². The zero-order valence-electron chi connectivity index (χ0n) is 6.92. The van der Waals surface area contributed by atoms with Crippen molar-refractivity contribution in [3.05, 3.63) is 0 Å². The molecule has 1 saturated heterocycles. The lowest BCUT2D eigenvalue weighted by Gasteiger charge is -2.21. The summed E-state index contributed by atoms with van der Waals surface area (Å²) in [6.07, 6.45) is 6.30. The molecule has 0 aromatic carbocycles. The van der Waals surface area contributed by atoms with Gasteiger partial charge in [-0.1, -0.05) is 12.8 Å². The molecule has 2 heteroatoms. The molecule has 0 radical (unpaired) electrons. The van der Waals surface area contributed by atoms with Gasteiger partial charge in [0.1, 0.15) is 0 Å². The van der Waals surface area contributed by atoms with Crippen LogP contribution >= 0.6 is 0 Å². The van der Waals surface area contributed by atoms with E-state index in [4.69, 9.17) is 0 Å². The van der Waals surface area contributed by atoms with Crippen molar-refractivity contribution in [3.8, 4) is 0 Å². The summed E-state index contributed by atoms with van der Waals surface area (Å²) < 4.78 is 0. The first-order valence-corrected chi connectivity index (χ1v) is 4.79. The number of rotatable bonds is 1. The number of aliphatic hydroxyl groups is 1. The Morgan fingerprint density at radius 3 is 2.36 bits per heavy atom. The number of hydrogen-bond acceptors (Lipinski definition) is 2. The Kier molecular flexibility index (Phi) is 2.14. The second kappa shape index (κ2) is 3.11. The molecule has 2 unspecified atom stereocenters. The third-order valence-electron chi connectivity index (χ3n) is 3.14. The van der Waals surface area contributed by atoms with Gasteiger partial charge in [0, 0.05) is 6.04 Å². The monoisotopic (exact) mass is 155 g/mol. The molecule has 11 heavy (non-hydrogen) atoms. The predicted molar refractivity (Wildman–Crippen MR) is 44.4 cm³/mol. The molecule has 1 heterocycles. The Balaban J connectivity index is 1.92. The molecule has 0 aromatic rings. The van der Waals surface area contributed by atoms with Crippen molar-refractivity contribution in [1.29, 1.82) is 0 Å². The maximum atomic E-state index is 9.59. The number of aliphatic hydroxyl groups excluding tert-OH is 1. The number of nitrogens with one attached hydrogen (secondary N) is 1. The van der Waals surface area contributed by atoms with Crippen LogP contribution in [0.5, 0.6) is 0 Å². The molecular formula is C9H17NO. The average Bonchev–Trinajstić information content (AvgIpc) is 2.55. The van der Waals surface area contributed by atoms with E-state index in [-0.39, 0.29) is 6.10 Å². The molecule has 1 aliphatic carbocycles. The standard InChI is InChI=1S/C9H17NO/c11-8-5-6-10-9(8)7-3-1-2-4-7/h7-11H,1-6H2. The Labute approximate surface area is 68.0 Å². The van der Waals surface area contributed by atoms with Crippen LogP contribution in [-0.4, -0.2) is 23.8 Å². The molecule has 1 aliphatic heterocycles. The second-order valence-corrected chi connectivity index (χ2v) is 3.88. The molecule has 0 bridgehead atoms. The third-order valence-corrected chi connectivity index (χ3v) is 3.14. The predicted octanol–water partition coefficient (Wildman–Crippen LogP) is 0.899. The van der Waals surface area contributed by atoms with Gasteiger partial charge in [0.2, 0.25) is 0 Å². The minimum Gasteiger partial charge on any atom is -0.391 e. The van der Waals surface area contributed by atoms with Crippen LogP contribution in [0, 0.1) is 5.92 Å². The molecule has 2 nitrogen and oxygen atoms in total. The van der Waals surface area contributed by atoms with Crippen LogP contribution in [-0.2, 0) is 0 Å². The highest BCUT2D eigenvalue weighted by Crippen LogP contribution is 2.31. The van der Waals surface area contributed by atoms with Gasteiger partial charge in [-0.05, 0) is 31.7 Å². The first kappa shape index (κ1) is 7.56. The lowest BCUT2D eigenvalue weighted by atomic mass is 9.95. The molecule has 1 saturated carbocycles. The van der Waals surface area contributed by atoms with Crippen LogP contribution < -0.4 is 5.32 Å². The molecule has 2 rings (SSSR count). The normalized spacial score (nSPS) is 40.1. The van der Waals surface area contributed by atoms with Gasteiger partial charge in [0.05, 0.1) is 6.10 Å². The van der Waals surface area contributed by atoms with Gasteiger partial charge in [0.25, 0.3) is 0 Å². The smallest absolute Gasteiger partial charge is 0.0708 e. The highest BCUT2D eigenvalue weighted by molar-refractivity contribution is 4.90. The highest BCUT2D eigenvalue weighted by Gasteiger charge is 2.33. The molecule has 2 aliphatic rings. The topological polar surface area (TPSA) is 32.3 Å². The van der Waals surface area contributed by atoms with Crippen LogP contribution in [0.4, 0.5) is 0 Å². The van der Waals surface area contributed by atoms with E-state index in [0.29, 0.717) is 6.04 Å². The molecular weight excluding hydrogens is 138 g/mol. The Morgan fingerprint density at radius 1 is 1.09 bits per heavy atom. The van der Waals surface area contributed by atoms with Crippen LogP contribution in [0.2, 0.25) is 0 Å². The second-order valence-electron chi connectivity index (χ2n) is 3.88. The van der Waals surface area contributed by atoms with Crippen molar-refractivity contribution in [3.63, 3.8) is 0 Å². The van der Waals surface area contributed by atoms with E-state index in [1.807, 2.05) is 0 Å². The van der Waals surface area contributed by atoms with Crippen molar-refractivity contribution in [2.45, 2.75) is 44.2 Å². The maximum Gasteiger partial charge on any atom is 0.0708 e. The van der Waals surface area contributed by atoms with E-state index in [9.17, 15) is 5.11 Å². The van der Waals surface area contributed by atoms with E-state index in [2.05, 4.69) is 5.32 Å². The van der Waals surface area contributed by atoms with E-state index in [1.165, 1.54) is 25.7 Å². The summed E-state index contributed by atoms with van der Waals surface area (Å²) >= 11 is 0. The zero-order chi connectivity index (χ0) is 7.68. The maximum absolute atomic E-state index is 9.59. The molecule has 64 valence electrons. The summed E-state index contributed by atoms with van der Waals surface area (Å²) in [5, 5.41) is 13.0. The molecule has 2 N–H and O–H groups in total. The highest BCUT2D eigenvalue weighted by atomic mass is 16.3. The van der Waals surface area contributed by atoms with Crippen molar-refractivity contribution in [1.82, 2.24) is 5.32 Å². The van der Waals surface area contributed by atoms with Gasteiger partial charge in [-0.3, -0.25) is 0 Å². The molecule has 2 fully saturated rings. The minimum atomic E-state index is -0.0573. The zero-order valence-corrected chi connectivity index (χ0v) is 6.92. The lowest BCUT2D eigenvalue weighted by Crippen LogP contribution is -2.36. The Morgan fingerprint density at radius 2 is 1.82 bits per heavy atom. The van der Waals surface area contributed by atoms with E-state index in [0.717, 1.165) is 18.9 Å². The van der Waals surface area contributed by atoms with E-state index >= 15 is 0 Å². The Hall–Kier alpha value is -0.0800. The first-order valence-electron chi connectivity index (χ1n) is 4.79. The molecule has 0 spiro atoms.